The van der Waals surface area contributed by atoms with Crippen molar-refractivity contribution in [2.75, 3.05) is 0 Å². The number of carbonyl (C=O) groups is 1. The van der Waals surface area contributed by atoms with Crippen molar-refractivity contribution in [3.05, 3.63) is 36.2 Å². The lowest BCUT2D eigenvalue weighted by molar-refractivity contribution is -0.137. The first-order valence-electron chi connectivity index (χ1n) is 7.43. The van der Waals surface area contributed by atoms with Crippen LogP contribution in [0.3, 0.4) is 0 Å². The molecule has 2 aromatic rings. The molecule has 0 amide bonds. The van der Waals surface area contributed by atoms with E-state index in [4.69, 9.17) is 10.8 Å². The summed E-state index contributed by atoms with van der Waals surface area (Å²) in [6.07, 6.45) is 5.61. The number of nitrogens with two attached hydrogens (primary N) is 1. The van der Waals surface area contributed by atoms with Gasteiger partial charge >= 0.3 is 5.97 Å². The molecule has 0 aliphatic heterocycles. The van der Waals surface area contributed by atoms with Gasteiger partial charge in [0.05, 0.1) is 11.0 Å². The minimum Gasteiger partial charge on any atom is -0.481 e. The Morgan fingerprint density at radius 3 is 2.59 bits per heavy atom. The molecule has 0 bridgehead atoms. The molecular formula is C17H25N3O2. The van der Waals surface area contributed by atoms with E-state index in [1.54, 1.807) is 12.4 Å². The van der Waals surface area contributed by atoms with Crippen LogP contribution >= 0.6 is 0 Å². The zero-order valence-electron chi connectivity index (χ0n) is 13.5. The molecule has 5 nitrogen and oxygen atoms in total. The van der Waals surface area contributed by atoms with Crippen molar-refractivity contribution in [1.29, 1.82) is 0 Å². The number of rotatable bonds is 4. The van der Waals surface area contributed by atoms with Crippen LogP contribution in [0, 0.1) is 5.41 Å². The molecule has 120 valence electrons. The predicted molar refractivity (Wildman–Crippen MR) is 88.4 cm³/mol. The molecule has 2 heterocycles. The van der Waals surface area contributed by atoms with Gasteiger partial charge in [-0.15, -0.1) is 0 Å². The molecule has 0 radical (unpaired) electrons. The Morgan fingerprint density at radius 2 is 2.00 bits per heavy atom. The van der Waals surface area contributed by atoms with Gasteiger partial charge in [0, 0.05) is 25.4 Å². The molecule has 0 unspecified atom stereocenters. The van der Waals surface area contributed by atoms with Crippen molar-refractivity contribution < 1.29 is 9.90 Å². The first-order valence-corrected chi connectivity index (χ1v) is 7.43. The highest BCUT2D eigenvalue weighted by molar-refractivity contribution is 5.73. The molecule has 0 saturated carbocycles. The Morgan fingerprint density at radius 1 is 1.27 bits per heavy atom. The maximum atomic E-state index is 10.1. The average molecular weight is 303 g/mol. The molecule has 0 atom stereocenters. The van der Waals surface area contributed by atoms with Crippen LogP contribution in [0.25, 0.3) is 11.0 Å². The SMILES string of the molecule is CC(C)(C)CCCC(=O)O.NCc1cnc2cccnc2c1. The fourth-order valence-corrected chi connectivity index (χ4v) is 1.88. The number of nitrogens with zero attached hydrogens (tertiary/aromatic N) is 2. The Kier molecular flexibility index (Phi) is 6.92. The van der Waals surface area contributed by atoms with Crippen LogP contribution in [-0.4, -0.2) is 21.0 Å². The van der Waals surface area contributed by atoms with Crippen molar-refractivity contribution in [3.63, 3.8) is 0 Å². The first kappa shape index (κ1) is 18.0. The van der Waals surface area contributed by atoms with Gasteiger partial charge in [-0.3, -0.25) is 14.8 Å². The second kappa shape index (κ2) is 8.44. The van der Waals surface area contributed by atoms with Crippen molar-refractivity contribution in [1.82, 2.24) is 9.97 Å². The van der Waals surface area contributed by atoms with Gasteiger partial charge < -0.3 is 10.8 Å². The van der Waals surface area contributed by atoms with Crippen molar-refractivity contribution in [2.45, 2.75) is 46.6 Å². The van der Waals surface area contributed by atoms with E-state index >= 15 is 0 Å². The highest BCUT2D eigenvalue weighted by Crippen LogP contribution is 2.21. The molecule has 22 heavy (non-hydrogen) atoms. The van der Waals surface area contributed by atoms with E-state index in [1.165, 1.54) is 0 Å². The van der Waals surface area contributed by atoms with E-state index in [-0.39, 0.29) is 5.41 Å². The summed E-state index contributed by atoms with van der Waals surface area (Å²) < 4.78 is 0. The van der Waals surface area contributed by atoms with Gasteiger partial charge in [-0.2, -0.15) is 0 Å². The van der Waals surface area contributed by atoms with E-state index in [1.807, 2.05) is 18.2 Å². The van der Waals surface area contributed by atoms with Crippen LogP contribution in [0.2, 0.25) is 0 Å². The summed E-state index contributed by atoms with van der Waals surface area (Å²) in [6, 6.07) is 5.77. The van der Waals surface area contributed by atoms with Crippen LogP contribution < -0.4 is 5.73 Å². The molecule has 0 spiro atoms. The molecule has 0 fully saturated rings. The van der Waals surface area contributed by atoms with Crippen LogP contribution in [0.5, 0.6) is 0 Å². The summed E-state index contributed by atoms with van der Waals surface area (Å²) in [7, 11) is 0. The second-order valence-corrected chi connectivity index (χ2v) is 6.40. The Labute approximate surface area is 131 Å². The number of aromatic nitrogens is 2. The molecule has 5 heteroatoms. The second-order valence-electron chi connectivity index (χ2n) is 6.40. The topological polar surface area (TPSA) is 89.1 Å². The lowest BCUT2D eigenvalue weighted by Gasteiger charge is -2.16. The number of aliphatic carboxylic acids is 1. The largest absolute Gasteiger partial charge is 0.481 e. The highest BCUT2D eigenvalue weighted by Gasteiger charge is 2.09. The fourth-order valence-electron chi connectivity index (χ4n) is 1.88. The smallest absolute Gasteiger partial charge is 0.303 e. The Hall–Kier alpha value is -2.01. The minimum atomic E-state index is -0.691. The minimum absolute atomic E-state index is 0.273. The van der Waals surface area contributed by atoms with Crippen LogP contribution in [-0.2, 0) is 11.3 Å². The quantitative estimate of drug-likeness (QED) is 0.903. The first-order chi connectivity index (χ1) is 10.3. The Balaban J connectivity index is 0.000000225. The summed E-state index contributed by atoms with van der Waals surface area (Å²) in [5, 5.41) is 8.31. The average Bonchev–Trinajstić information content (AvgIpc) is 2.45. The van der Waals surface area contributed by atoms with Crippen LogP contribution in [0.1, 0.15) is 45.6 Å². The summed E-state index contributed by atoms with van der Waals surface area (Å²) in [5.41, 5.74) is 8.58. The number of pyridine rings is 2. The van der Waals surface area contributed by atoms with Gasteiger partial charge in [-0.25, -0.2) is 0 Å². The molecule has 0 aromatic carbocycles. The van der Waals surface area contributed by atoms with E-state index in [0.717, 1.165) is 29.4 Å². The van der Waals surface area contributed by atoms with Gasteiger partial charge in [0.25, 0.3) is 0 Å². The van der Waals surface area contributed by atoms with E-state index in [2.05, 4.69) is 30.7 Å². The number of carboxylic acids is 1. The molecule has 0 aliphatic carbocycles. The molecular weight excluding hydrogens is 278 g/mol. The molecule has 2 rings (SSSR count). The summed E-state index contributed by atoms with van der Waals surface area (Å²) in [6.45, 7) is 6.87. The molecule has 0 saturated heterocycles. The maximum absolute atomic E-state index is 10.1. The lowest BCUT2D eigenvalue weighted by atomic mass is 9.90. The third kappa shape index (κ3) is 7.13. The summed E-state index contributed by atoms with van der Waals surface area (Å²) in [4.78, 5) is 18.5. The van der Waals surface area contributed by atoms with Gasteiger partial charge in [0.2, 0.25) is 0 Å². The number of fused-ring (bicyclic) bond motifs is 1. The normalized spacial score (nSPS) is 10.9. The van der Waals surface area contributed by atoms with Gasteiger partial charge in [0.1, 0.15) is 0 Å². The van der Waals surface area contributed by atoms with E-state index in [9.17, 15) is 4.79 Å². The van der Waals surface area contributed by atoms with E-state index in [0.29, 0.717) is 13.0 Å². The summed E-state index contributed by atoms with van der Waals surface area (Å²) >= 11 is 0. The molecule has 2 aromatic heterocycles. The van der Waals surface area contributed by atoms with Crippen molar-refractivity contribution in [2.24, 2.45) is 11.1 Å². The summed E-state index contributed by atoms with van der Waals surface area (Å²) in [5.74, 6) is -0.691. The third-order valence-corrected chi connectivity index (χ3v) is 3.06. The van der Waals surface area contributed by atoms with Gasteiger partial charge in [0.15, 0.2) is 0 Å². The Bertz CT molecular complexity index is 606. The lowest BCUT2D eigenvalue weighted by Crippen LogP contribution is -2.05. The monoisotopic (exact) mass is 303 g/mol. The fraction of sp³-hybridized carbons (Fsp3) is 0.471. The number of hydrogen-bond acceptors (Lipinski definition) is 4. The number of hydrogen-bond donors (Lipinski definition) is 2. The molecule has 3 N–H and O–H groups in total. The zero-order chi connectivity index (χ0) is 16.6. The van der Waals surface area contributed by atoms with E-state index < -0.39 is 5.97 Å². The van der Waals surface area contributed by atoms with Crippen molar-refractivity contribution in [3.8, 4) is 0 Å². The molecule has 0 aliphatic rings. The van der Waals surface area contributed by atoms with Gasteiger partial charge in [-0.1, -0.05) is 20.8 Å². The zero-order valence-corrected chi connectivity index (χ0v) is 13.5. The van der Waals surface area contributed by atoms with Gasteiger partial charge in [-0.05, 0) is 42.0 Å². The highest BCUT2D eigenvalue weighted by atomic mass is 16.4. The number of carboxylic acid groups (broad SMARTS) is 1. The van der Waals surface area contributed by atoms with Crippen LogP contribution in [0.15, 0.2) is 30.6 Å². The van der Waals surface area contributed by atoms with Crippen molar-refractivity contribution >= 4 is 17.0 Å². The predicted octanol–water partition coefficient (Wildman–Crippen LogP) is 3.38. The third-order valence-electron chi connectivity index (χ3n) is 3.06. The maximum Gasteiger partial charge on any atom is 0.303 e. The standard InChI is InChI=1S/C9H9N3.C8H16O2/c10-5-7-4-9-8(12-6-7)2-1-3-11-9;1-8(2,3)6-4-5-7(9)10/h1-4,6H,5,10H2;4-6H2,1-3H3,(H,9,10). The van der Waals surface area contributed by atoms with Crippen LogP contribution in [0.4, 0.5) is 0 Å².